The van der Waals surface area contributed by atoms with E-state index in [1.807, 2.05) is 0 Å². The normalized spacial score (nSPS) is 11.2. The van der Waals surface area contributed by atoms with Gasteiger partial charge in [-0.3, -0.25) is 4.79 Å². The van der Waals surface area contributed by atoms with Crippen molar-refractivity contribution in [3.05, 3.63) is 77.4 Å². The van der Waals surface area contributed by atoms with Crippen LogP contribution < -0.4 is 10.6 Å². The third kappa shape index (κ3) is 4.40. The van der Waals surface area contributed by atoms with Crippen LogP contribution in [0.15, 0.2) is 54.6 Å². The molecule has 1 amide bonds. The Morgan fingerprint density at radius 2 is 1.54 bits per heavy atom. The number of amides is 1. The molecule has 0 atom stereocenters. The van der Waals surface area contributed by atoms with Gasteiger partial charge in [-0.25, -0.2) is 8.78 Å². The van der Waals surface area contributed by atoms with Crippen molar-refractivity contribution in [3.8, 4) is 0 Å². The van der Waals surface area contributed by atoms with Crippen molar-refractivity contribution in [2.75, 3.05) is 10.6 Å². The van der Waals surface area contributed by atoms with Crippen molar-refractivity contribution in [1.82, 2.24) is 10.2 Å². The zero-order valence-electron chi connectivity index (χ0n) is 13.9. The summed E-state index contributed by atoms with van der Waals surface area (Å²) in [5.41, 5.74) is -1.21. The molecule has 0 bridgehead atoms. The van der Waals surface area contributed by atoms with Crippen LogP contribution in [0.2, 0.25) is 0 Å². The van der Waals surface area contributed by atoms with Crippen LogP contribution in [0.4, 0.5) is 39.3 Å². The minimum Gasteiger partial charge on any atom is -0.338 e. The van der Waals surface area contributed by atoms with Crippen LogP contribution in [0, 0.1) is 11.6 Å². The highest BCUT2D eigenvalue weighted by molar-refractivity contribution is 6.03. The predicted octanol–water partition coefficient (Wildman–Crippen LogP) is 4.77. The Labute approximate surface area is 155 Å². The van der Waals surface area contributed by atoms with Gasteiger partial charge in [0.25, 0.3) is 5.91 Å². The first-order valence-electron chi connectivity index (χ1n) is 7.77. The zero-order chi connectivity index (χ0) is 20.3. The van der Waals surface area contributed by atoms with Crippen molar-refractivity contribution in [2.24, 2.45) is 0 Å². The van der Waals surface area contributed by atoms with E-state index in [0.717, 1.165) is 24.3 Å². The van der Waals surface area contributed by atoms with Gasteiger partial charge < -0.3 is 10.6 Å². The fraction of sp³-hybridized carbons (Fsp3) is 0.0556. The van der Waals surface area contributed by atoms with Crippen LogP contribution in [0.3, 0.4) is 0 Å². The molecule has 0 aliphatic rings. The first-order valence-corrected chi connectivity index (χ1v) is 7.77. The molecule has 5 nitrogen and oxygen atoms in total. The number of aromatic nitrogens is 2. The van der Waals surface area contributed by atoms with Crippen molar-refractivity contribution in [1.29, 1.82) is 0 Å². The average Bonchev–Trinajstić information content (AvgIpc) is 2.65. The van der Waals surface area contributed by atoms with Crippen molar-refractivity contribution >= 4 is 23.2 Å². The molecule has 28 heavy (non-hydrogen) atoms. The van der Waals surface area contributed by atoms with Crippen LogP contribution in [-0.2, 0) is 6.18 Å². The summed E-state index contributed by atoms with van der Waals surface area (Å²) in [4.78, 5) is 12.0. The van der Waals surface area contributed by atoms with Gasteiger partial charge in [0, 0.05) is 5.56 Å². The number of nitrogens with one attached hydrogen (secondary N) is 2. The maximum absolute atomic E-state index is 13.2. The lowest BCUT2D eigenvalue weighted by Crippen LogP contribution is -2.14. The summed E-state index contributed by atoms with van der Waals surface area (Å²) < 4.78 is 65.1. The summed E-state index contributed by atoms with van der Waals surface area (Å²) in [5, 5.41) is 12.2. The van der Waals surface area contributed by atoms with E-state index >= 15 is 0 Å². The third-order valence-corrected chi connectivity index (χ3v) is 3.58. The average molecular weight is 394 g/mol. The Kier molecular flexibility index (Phi) is 5.21. The number of hydrogen-bond acceptors (Lipinski definition) is 4. The first kappa shape index (κ1) is 19.2. The molecular formula is C18H11F5N4O. The zero-order valence-corrected chi connectivity index (χ0v) is 13.9. The topological polar surface area (TPSA) is 66.9 Å². The standard InChI is InChI=1S/C18H11F5N4O/c19-12-6-5-10(9-13(12)20)17(28)25-16-8-7-15(26-27-16)24-14-4-2-1-3-11(14)18(21,22)23/h1-9H,(H,24,26)(H,25,27,28). The number of benzene rings is 2. The summed E-state index contributed by atoms with van der Waals surface area (Å²) in [7, 11) is 0. The molecule has 0 unspecified atom stereocenters. The number of hydrogen-bond donors (Lipinski definition) is 2. The van der Waals surface area contributed by atoms with Gasteiger partial charge in [-0.15, -0.1) is 10.2 Å². The molecule has 1 aromatic heterocycles. The largest absolute Gasteiger partial charge is 0.418 e. The van der Waals surface area contributed by atoms with E-state index < -0.39 is 29.3 Å². The van der Waals surface area contributed by atoms with Gasteiger partial charge in [0.2, 0.25) is 0 Å². The number of halogens is 5. The van der Waals surface area contributed by atoms with Crippen LogP contribution >= 0.6 is 0 Å². The summed E-state index contributed by atoms with van der Waals surface area (Å²) in [5.74, 6) is -3.03. The van der Waals surface area contributed by atoms with E-state index in [0.29, 0.717) is 0 Å². The molecule has 0 spiro atoms. The van der Waals surface area contributed by atoms with Crippen LogP contribution in [-0.4, -0.2) is 16.1 Å². The second-order valence-electron chi connectivity index (χ2n) is 5.56. The van der Waals surface area contributed by atoms with E-state index in [2.05, 4.69) is 20.8 Å². The number of anilines is 3. The van der Waals surface area contributed by atoms with E-state index in [-0.39, 0.29) is 22.9 Å². The SMILES string of the molecule is O=C(Nc1ccc(Nc2ccccc2C(F)(F)F)nn1)c1ccc(F)c(F)c1. The number of carbonyl (C=O) groups excluding carboxylic acids is 1. The van der Waals surface area contributed by atoms with Gasteiger partial charge in [0.15, 0.2) is 23.3 Å². The summed E-state index contributed by atoms with van der Waals surface area (Å²) >= 11 is 0. The molecule has 0 radical (unpaired) electrons. The maximum atomic E-state index is 13.2. The Morgan fingerprint density at radius 1 is 0.857 bits per heavy atom. The van der Waals surface area contributed by atoms with E-state index in [1.54, 1.807) is 0 Å². The minimum atomic E-state index is -4.55. The summed E-state index contributed by atoms with van der Waals surface area (Å²) in [6, 6.07) is 10.1. The fourth-order valence-corrected chi connectivity index (χ4v) is 2.27. The second-order valence-corrected chi connectivity index (χ2v) is 5.56. The van der Waals surface area contributed by atoms with E-state index in [4.69, 9.17) is 0 Å². The monoisotopic (exact) mass is 394 g/mol. The number of nitrogens with zero attached hydrogens (tertiary/aromatic N) is 2. The molecule has 2 aromatic carbocycles. The van der Waals surface area contributed by atoms with Crippen LogP contribution in [0.5, 0.6) is 0 Å². The third-order valence-electron chi connectivity index (χ3n) is 3.58. The summed E-state index contributed by atoms with van der Waals surface area (Å²) in [6.07, 6.45) is -4.55. The van der Waals surface area contributed by atoms with Crippen LogP contribution in [0.25, 0.3) is 0 Å². The Morgan fingerprint density at radius 3 is 2.18 bits per heavy atom. The van der Waals surface area contributed by atoms with Crippen LogP contribution in [0.1, 0.15) is 15.9 Å². The predicted molar refractivity (Wildman–Crippen MR) is 91.1 cm³/mol. The smallest absolute Gasteiger partial charge is 0.338 e. The Balaban J connectivity index is 1.72. The number of rotatable bonds is 4. The minimum absolute atomic E-state index is 0.0162. The molecule has 0 aliphatic heterocycles. The van der Waals surface area contributed by atoms with Crippen molar-refractivity contribution < 1.29 is 26.7 Å². The van der Waals surface area contributed by atoms with E-state index in [9.17, 15) is 26.7 Å². The second kappa shape index (κ2) is 7.59. The molecule has 3 rings (SSSR count). The first-order chi connectivity index (χ1) is 13.2. The van der Waals surface area contributed by atoms with E-state index in [1.165, 1.54) is 30.3 Å². The quantitative estimate of drug-likeness (QED) is 0.626. The number of alkyl halides is 3. The molecule has 10 heteroatoms. The lowest BCUT2D eigenvalue weighted by atomic mass is 10.1. The number of para-hydroxylation sites is 1. The van der Waals surface area contributed by atoms with Gasteiger partial charge in [-0.1, -0.05) is 12.1 Å². The molecule has 0 saturated heterocycles. The van der Waals surface area contributed by atoms with Gasteiger partial charge in [-0.05, 0) is 42.5 Å². The molecule has 2 N–H and O–H groups in total. The molecule has 144 valence electrons. The molecule has 0 aliphatic carbocycles. The highest BCUT2D eigenvalue weighted by Gasteiger charge is 2.33. The summed E-state index contributed by atoms with van der Waals surface area (Å²) in [6.45, 7) is 0. The molecule has 0 saturated carbocycles. The molecular weight excluding hydrogens is 383 g/mol. The van der Waals surface area contributed by atoms with Gasteiger partial charge in [-0.2, -0.15) is 13.2 Å². The number of carbonyl (C=O) groups is 1. The highest BCUT2D eigenvalue weighted by atomic mass is 19.4. The molecule has 0 fully saturated rings. The molecule has 3 aromatic rings. The maximum Gasteiger partial charge on any atom is 0.418 e. The lowest BCUT2D eigenvalue weighted by Gasteiger charge is -2.13. The van der Waals surface area contributed by atoms with Crippen molar-refractivity contribution in [3.63, 3.8) is 0 Å². The Bertz CT molecular complexity index is 1010. The Hall–Kier alpha value is -3.56. The van der Waals surface area contributed by atoms with Gasteiger partial charge >= 0.3 is 6.18 Å². The van der Waals surface area contributed by atoms with Gasteiger partial charge in [0.05, 0.1) is 11.3 Å². The fourth-order valence-electron chi connectivity index (χ4n) is 2.27. The highest BCUT2D eigenvalue weighted by Crippen LogP contribution is 2.35. The lowest BCUT2D eigenvalue weighted by molar-refractivity contribution is -0.136. The molecule has 1 heterocycles. The van der Waals surface area contributed by atoms with Crippen molar-refractivity contribution in [2.45, 2.75) is 6.18 Å². The van der Waals surface area contributed by atoms with Gasteiger partial charge in [0.1, 0.15) is 0 Å².